The van der Waals surface area contributed by atoms with E-state index in [1.807, 2.05) is 0 Å². The van der Waals surface area contributed by atoms with Crippen LogP contribution in [0, 0.1) is 41.4 Å². The maximum absolute atomic E-state index is 2.88. The summed E-state index contributed by atoms with van der Waals surface area (Å²) in [7, 11) is -1.21. The minimum atomic E-state index is -1.21. The average Bonchev–Trinajstić information content (AvgIpc) is 3.22. The molecule has 0 radical (unpaired) electrons. The van der Waals surface area contributed by atoms with E-state index in [4.69, 9.17) is 0 Å². The van der Waals surface area contributed by atoms with E-state index >= 15 is 0 Å². The van der Waals surface area contributed by atoms with Gasteiger partial charge in [0.1, 0.15) is 0 Å². The summed E-state index contributed by atoms with van der Waals surface area (Å²) in [5.74, 6) is 7.57. The van der Waals surface area contributed by atoms with Gasteiger partial charge in [0.05, 0.1) is 8.07 Å². The smallest absolute Gasteiger partial charge is 0.0541 e. The average molecular weight is 403 g/mol. The Morgan fingerprint density at radius 3 is 1.96 bits per heavy atom. The molecule has 0 aromatic heterocycles. The molecule has 4 aliphatic carbocycles. The van der Waals surface area contributed by atoms with Gasteiger partial charge in [-0.15, -0.1) is 0 Å². The van der Waals surface area contributed by atoms with Crippen LogP contribution in [0.25, 0.3) is 0 Å². The van der Waals surface area contributed by atoms with Gasteiger partial charge in [-0.2, -0.15) is 0 Å². The number of hydrogen-bond donors (Lipinski definition) is 0. The van der Waals surface area contributed by atoms with Crippen molar-refractivity contribution in [2.75, 3.05) is 0 Å². The Bertz CT molecular complexity index is 510. The molecular weight excluding hydrogens is 352 g/mol. The summed E-state index contributed by atoms with van der Waals surface area (Å²) in [6.45, 7) is 13.3. The van der Waals surface area contributed by atoms with Crippen LogP contribution in [0.5, 0.6) is 0 Å². The summed E-state index contributed by atoms with van der Waals surface area (Å²) < 4.78 is 0. The molecule has 9 atom stereocenters. The van der Waals surface area contributed by atoms with Crippen LogP contribution in [0.15, 0.2) is 0 Å². The number of fused-ring (bicyclic) bond motifs is 2. The Kier molecular flexibility index (Phi) is 6.71. The highest BCUT2D eigenvalue weighted by molar-refractivity contribution is 6.80. The van der Waals surface area contributed by atoms with Gasteiger partial charge >= 0.3 is 0 Å². The minimum absolute atomic E-state index is 0.968. The SMILES string of the molecule is CCCC(C)CC1CC([Si](C)(C)C2CC(C)C3CCCCC32)C2CCCCC12. The summed E-state index contributed by atoms with van der Waals surface area (Å²) in [6.07, 6.45) is 20.2. The van der Waals surface area contributed by atoms with Gasteiger partial charge in [-0.3, -0.25) is 0 Å². The van der Waals surface area contributed by atoms with Crippen LogP contribution in [0.4, 0.5) is 0 Å². The molecule has 1 heteroatoms. The van der Waals surface area contributed by atoms with E-state index in [0.717, 1.165) is 52.5 Å². The lowest BCUT2D eigenvalue weighted by molar-refractivity contribution is 0.202. The maximum Gasteiger partial charge on any atom is 0.0541 e. The lowest BCUT2D eigenvalue weighted by Gasteiger charge is -2.45. The van der Waals surface area contributed by atoms with Crippen molar-refractivity contribution in [2.24, 2.45) is 41.4 Å². The maximum atomic E-state index is 2.88. The molecule has 0 heterocycles. The fourth-order valence-corrected chi connectivity index (χ4v) is 15.0. The van der Waals surface area contributed by atoms with Gasteiger partial charge in [0, 0.05) is 0 Å². The molecule has 0 saturated heterocycles. The van der Waals surface area contributed by atoms with Crippen molar-refractivity contribution in [1.82, 2.24) is 0 Å². The summed E-state index contributed by atoms with van der Waals surface area (Å²) in [4.78, 5) is 0. The zero-order chi connectivity index (χ0) is 19.9. The molecule has 28 heavy (non-hydrogen) atoms. The van der Waals surface area contributed by atoms with Crippen LogP contribution < -0.4 is 0 Å². The molecule has 4 rings (SSSR count). The number of hydrogen-bond acceptors (Lipinski definition) is 0. The van der Waals surface area contributed by atoms with Gasteiger partial charge in [0.25, 0.3) is 0 Å². The Labute approximate surface area is 178 Å². The second-order valence-corrected chi connectivity index (χ2v) is 17.7. The molecule has 0 spiro atoms. The summed E-state index contributed by atoms with van der Waals surface area (Å²) in [5.41, 5.74) is 2.32. The third kappa shape index (κ3) is 3.92. The first kappa shape index (κ1) is 21.4. The number of rotatable bonds is 6. The van der Waals surface area contributed by atoms with Crippen molar-refractivity contribution in [2.45, 2.75) is 128 Å². The molecule has 4 saturated carbocycles. The standard InChI is InChI=1S/C27H50Si/c1-6-11-19(2)16-21-18-27(25-15-10-8-13-23(21)25)28(4,5)26-17-20(3)22-12-7-9-14-24(22)26/h19-27H,6-18H2,1-5H3. The van der Waals surface area contributed by atoms with Crippen molar-refractivity contribution in [3.05, 3.63) is 0 Å². The molecule has 0 amide bonds. The lowest BCUT2D eigenvalue weighted by atomic mass is 9.75. The van der Waals surface area contributed by atoms with Crippen molar-refractivity contribution < 1.29 is 0 Å². The first-order chi connectivity index (χ1) is 13.4. The fraction of sp³-hybridized carbons (Fsp3) is 1.00. The van der Waals surface area contributed by atoms with Crippen LogP contribution >= 0.6 is 0 Å². The zero-order valence-electron chi connectivity index (χ0n) is 19.9. The second kappa shape index (κ2) is 8.76. The van der Waals surface area contributed by atoms with Crippen LogP contribution in [-0.2, 0) is 0 Å². The molecule has 0 aromatic carbocycles. The van der Waals surface area contributed by atoms with Crippen molar-refractivity contribution in [3.63, 3.8) is 0 Å². The van der Waals surface area contributed by atoms with Gasteiger partial charge in [0.2, 0.25) is 0 Å². The van der Waals surface area contributed by atoms with Crippen LogP contribution in [0.1, 0.15) is 104 Å². The molecule has 9 unspecified atom stereocenters. The molecule has 0 nitrogen and oxygen atoms in total. The Hall–Kier alpha value is 0.217. The normalized spacial score (nSPS) is 44.9. The molecule has 0 N–H and O–H groups in total. The summed E-state index contributed by atoms with van der Waals surface area (Å²) in [6, 6.07) is 0. The minimum Gasteiger partial charge on any atom is -0.0689 e. The largest absolute Gasteiger partial charge is 0.0689 e. The first-order valence-electron chi connectivity index (χ1n) is 13.4. The van der Waals surface area contributed by atoms with Crippen LogP contribution in [0.2, 0.25) is 24.2 Å². The Morgan fingerprint density at radius 2 is 1.32 bits per heavy atom. The van der Waals surface area contributed by atoms with Gasteiger partial charge in [-0.1, -0.05) is 85.2 Å². The Morgan fingerprint density at radius 1 is 0.786 bits per heavy atom. The van der Waals surface area contributed by atoms with E-state index < -0.39 is 8.07 Å². The van der Waals surface area contributed by atoms with Gasteiger partial charge in [0.15, 0.2) is 0 Å². The van der Waals surface area contributed by atoms with E-state index in [9.17, 15) is 0 Å². The predicted molar refractivity (Wildman–Crippen MR) is 126 cm³/mol. The Balaban J connectivity index is 1.53. The van der Waals surface area contributed by atoms with Gasteiger partial charge in [-0.25, -0.2) is 0 Å². The highest BCUT2D eigenvalue weighted by atomic mass is 28.3. The quantitative estimate of drug-likeness (QED) is 0.389. The molecule has 0 aromatic rings. The summed E-state index contributed by atoms with van der Waals surface area (Å²) >= 11 is 0. The van der Waals surface area contributed by atoms with Crippen LogP contribution in [0.3, 0.4) is 0 Å². The summed E-state index contributed by atoms with van der Waals surface area (Å²) in [5, 5.41) is 0. The third-order valence-electron chi connectivity index (χ3n) is 10.7. The van der Waals surface area contributed by atoms with Gasteiger partial charge < -0.3 is 0 Å². The molecule has 0 aliphatic heterocycles. The van der Waals surface area contributed by atoms with E-state index in [1.165, 1.54) is 19.3 Å². The lowest BCUT2D eigenvalue weighted by Crippen LogP contribution is -2.43. The molecule has 4 fully saturated rings. The van der Waals surface area contributed by atoms with E-state index in [-0.39, 0.29) is 0 Å². The highest BCUT2D eigenvalue weighted by Crippen LogP contribution is 2.64. The molecule has 4 aliphatic rings. The van der Waals surface area contributed by atoms with Crippen LogP contribution in [-0.4, -0.2) is 8.07 Å². The fourth-order valence-electron chi connectivity index (χ4n) is 9.48. The molecule has 162 valence electrons. The van der Waals surface area contributed by atoms with E-state index in [1.54, 1.807) is 64.2 Å². The van der Waals surface area contributed by atoms with Crippen molar-refractivity contribution in [3.8, 4) is 0 Å². The van der Waals surface area contributed by atoms with E-state index in [0.29, 0.717) is 0 Å². The third-order valence-corrected chi connectivity index (χ3v) is 15.9. The topological polar surface area (TPSA) is 0 Å². The molecule has 0 bridgehead atoms. The van der Waals surface area contributed by atoms with Crippen molar-refractivity contribution in [1.29, 1.82) is 0 Å². The van der Waals surface area contributed by atoms with E-state index in [2.05, 4.69) is 33.9 Å². The molecular formula is C27H50Si. The zero-order valence-corrected chi connectivity index (χ0v) is 20.9. The van der Waals surface area contributed by atoms with Crippen molar-refractivity contribution >= 4 is 8.07 Å². The first-order valence-corrected chi connectivity index (χ1v) is 16.6. The highest BCUT2D eigenvalue weighted by Gasteiger charge is 2.56. The van der Waals surface area contributed by atoms with Gasteiger partial charge in [-0.05, 0) is 84.6 Å². The predicted octanol–water partition coefficient (Wildman–Crippen LogP) is 8.93. The monoisotopic (exact) mass is 402 g/mol. The second-order valence-electron chi connectivity index (χ2n) is 12.6.